The number of aromatic nitrogens is 2. The van der Waals surface area contributed by atoms with Crippen LogP contribution in [0.25, 0.3) is 0 Å². The second kappa shape index (κ2) is 8.53. The van der Waals surface area contributed by atoms with Gasteiger partial charge in [0.05, 0.1) is 0 Å². The number of nitrogens with one attached hydrogen (secondary N) is 2. The molecule has 2 aromatic carbocycles. The lowest BCUT2D eigenvalue weighted by Gasteiger charge is -2.19. The Labute approximate surface area is 191 Å². The second-order valence-corrected chi connectivity index (χ2v) is 8.01. The Morgan fingerprint density at radius 3 is 2.79 bits per heavy atom. The summed E-state index contributed by atoms with van der Waals surface area (Å²) in [5.41, 5.74) is 6.23. The number of anilines is 5. The average molecular weight is 444 g/mol. The van der Waals surface area contributed by atoms with Crippen molar-refractivity contribution >= 4 is 34.7 Å². The summed E-state index contributed by atoms with van der Waals surface area (Å²) in [6.45, 7) is 7.37. The lowest BCUT2D eigenvalue weighted by Crippen LogP contribution is -2.21. The van der Waals surface area contributed by atoms with Crippen molar-refractivity contribution in [2.45, 2.75) is 26.5 Å². The van der Waals surface area contributed by atoms with Gasteiger partial charge in [-0.2, -0.15) is 4.98 Å². The predicted molar refractivity (Wildman–Crippen MR) is 126 cm³/mol. The third-order valence-corrected chi connectivity index (χ3v) is 5.79. The molecule has 9 heteroatoms. The number of carbonyl (C=O) groups excluding carboxylic acids is 1. The summed E-state index contributed by atoms with van der Waals surface area (Å²) >= 11 is 0. The van der Waals surface area contributed by atoms with Crippen molar-refractivity contribution in [2.24, 2.45) is 0 Å². The molecule has 3 aromatic rings. The van der Waals surface area contributed by atoms with Crippen LogP contribution in [0, 0.1) is 6.92 Å². The summed E-state index contributed by atoms with van der Waals surface area (Å²) in [6, 6.07) is 13.4. The topological polar surface area (TPSA) is 103 Å². The number of nitrogens with zero attached hydrogens (tertiary/aromatic N) is 4. The van der Waals surface area contributed by atoms with E-state index in [9.17, 15) is 10.0 Å². The number of benzene rings is 2. The SMILES string of the molecule is C=CC(=O)Nc1ccc(CN2CCc3c(C)nc(Nc4ccc5c(c4)N(O)OC5)nc32)cc1. The van der Waals surface area contributed by atoms with E-state index in [2.05, 4.69) is 27.1 Å². The summed E-state index contributed by atoms with van der Waals surface area (Å²) in [7, 11) is 0. The smallest absolute Gasteiger partial charge is 0.247 e. The number of amides is 1. The molecule has 0 aliphatic carbocycles. The van der Waals surface area contributed by atoms with Crippen LogP contribution in [0.2, 0.25) is 0 Å². The van der Waals surface area contributed by atoms with Crippen molar-refractivity contribution in [1.82, 2.24) is 9.97 Å². The molecule has 33 heavy (non-hydrogen) atoms. The predicted octanol–water partition coefficient (Wildman–Crippen LogP) is 3.86. The molecule has 3 N–H and O–H groups in total. The van der Waals surface area contributed by atoms with E-state index in [0.29, 0.717) is 24.8 Å². The van der Waals surface area contributed by atoms with Crippen LogP contribution in [0.15, 0.2) is 55.1 Å². The van der Waals surface area contributed by atoms with Gasteiger partial charge in [-0.05, 0) is 49.2 Å². The molecule has 0 bridgehead atoms. The maximum absolute atomic E-state index is 11.5. The molecule has 0 spiro atoms. The van der Waals surface area contributed by atoms with Crippen LogP contribution < -0.4 is 20.8 Å². The number of rotatable bonds is 6. The molecule has 5 rings (SSSR count). The quantitative estimate of drug-likeness (QED) is 0.493. The van der Waals surface area contributed by atoms with Gasteiger partial charge in [-0.15, -0.1) is 5.23 Å². The first-order chi connectivity index (χ1) is 16.0. The normalized spacial score (nSPS) is 14.1. The maximum atomic E-state index is 11.5. The van der Waals surface area contributed by atoms with E-state index >= 15 is 0 Å². The van der Waals surface area contributed by atoms with Gasteiger partial charge >= 0.3 is 0 Å². The number of hydrogen-bond donors (Lipinski definition) is 3. The molecule has 2 aliphatic heterocycles. The van der Waals surface area contributed by atoms with Gasteiger partial charge in [0.15, 0.2) is 0 Å². The molecule has 1 aromatic heterocycles. The van der Waals surface area contributed by atoms with Crippen molar-refractivity contribution in [2.75, 3.05) is 27.3 Å². The molecule has 2 aliphatic rings. The van der Waals surface area contributed by atoms with Crippen LogP contribution in [-0.2, 0) is 29.2 Å². The van der Waals surface area contributed by atoms with Crippen LogP contribution in [0.3, 0.4) is 0 Å². The van der Waals surface area contributed by atoms with Crippen LogP contribution in [0.4, 0.5) is 28.8 Å². The van der Waals surface area contributed by atoms with Crippen molar-refractivity contribution in [3.8, 4) is 0 Å². The summed E-state index contributed by atoms with van der Waals surface area (Å²) in [4.78, 5) is 28.2. The Kier molecular flexibility index (Phi) is 5.41. The highest BCUT2D eigenvalue weighted by Crippen LogP contribution is 2.33. The Bertz CT molecular complexity index is 1230. The van der Waals surface area contributed by atoms with Gasteiger partial charge in [-0.1, -0.05) is 24.8 Å². The van der Waals surface area contributed by atoms with Crippen LogP contribution in [-0.4, -0.2) is 27.6 Å². The molecule has 0 unspecified atom stereocenters. The van der Waals surface area contributed by atoms with E-state index in [1.165, 1.54) is 6.08 Å². The van der Waals surface area contributed by atoms with Gasteiger partial charge in [0, 0.05) is 41.3 Å². The molecule has 3 heterocycles. The van der Waals surface area contributed by atoms with Crippen LogP contribution >= 0.6 is 0 Å². The standard InChI is InChI=1S/C24H24N6O3/c1-3-22(31)26-18-7-4-16(5-8-18)13-29-11-10-20-15(2)25-24(28-23(20)29)27-19-9-6-17-14-33-30(32)21(17)12-19/h3-9,12,32H,1,10-11,13-14H2,2H3,(H,26,31)(H,25,27,28). The minimum absolute atomic E-state index is 0.231. The van der Waals surface area contributed by atoms with Crippen molar-refractivity contribution in [1.29, 1.82) is 0 Å². The zero-order valence-corrected chi connectivity index (χ0v) is 18.2. The second-order valence-electron chi connectivity index (χ2n) is 8.01. The highest BCUT2D eigenvalue weighted by atomic mass is 16.9. The molecular weight excluding hydrogens is 420 g/mol. The van der Waals surface area contributed by atoms with Gasteiger partial charge in [0.1, 0.15) is 18.1 Å². The summed E-state index contributed by atoms with van der Waals surface area (Å²) < 4.78 is 0. The number of fused-ring (bicyclic) bond motifs is 2. The van der Waals surface area contributed by atoms with E-state index in [0.717, 1.165) is 57.8 Å². The first-order valence-electron chi connectivity index (χ1n) is 10.7. The minimum Gasteiger partial charge on any atom is -0.352 e. The third-order valence-electron chi connectivity index (χ3n) is 5.79. The van der Waals surface area contributed by atoms with Gasteiger partial charge in [-0.3, -0.25) is 10.0 Å². The largest absolute Gasteiger partial charge is 0.352 e. The Morgan fingerprint density at radius 1 is 1.21 bits per heavy atom. The molecular formula is C24H24N6O3. The van der Waals surface area contributed by atoms with Gasteiger partial charge in [0.25, 0.3) is 0 Å². The fourth-order valence-electron chi connectivity index (χ4n) is 4.08. The van der Waals surface area contributed by atoms with Crippen LogP contribution in [0.5, 0.6) is 0 Å². The van der Waals surface area contributed by atoms with E-state index in [-0.39, 0.29) is 5.91 Å². The summed E-state index contributed by atoms with van der Waals surface area (Å²) in [6.07, 6.45) is 2.14. The number of aryl methyl sites for hydroxylation is 1. The molecule has 168 valence electrons. The Morgan fingerprint density at radius 2 is 2.00 bits per heavy atom. The minimum atomic E-state index is -0.231. The molecule has 1 amide bonds. The molecule has 0 saturated carbocycles. The van der Waals surface area contributed by atoms with Crippen molar-refractivity contribution < 1.29 is 14.8 Å². The molecule has 0 radical (unpaired) electrons. The monoisotopic (exact) mass is 444 g/mol. The highest BCUT2D eigenvalue weighted by molar-refractivity contribution is 5.98. The Hall–Kier alpha value is -3.95. The van der Waals surface area contributed by atoms with E-state index < -0.39 is 0 Å². The fourth-order valence-corrected chi connectivity index (χ4v) is 4.08. The maximum Gasteiger partial charge on any atom is 0.247 e. The highest BCUT2D eigenvalue weighted by Gasteiger charge is 2.25. The zero-order valence-electron chi connectivity index (χ0n) is 18.2. The first-order valence-corrected chi connectivity index (χ1v) is 10.7. The summed E-state index contributed by atoms with van der Waals surface area (Å²) in [5, 5.41) is 16.6. The van der Waals surface area contributed by atoms with E-state index in [4.69, 9.17) is 9.82 Å². The van der Waals surface area contributed by atoms with Crippen molar-refractivity contribution in [3.05, 3.63) is 77.5 Å². The zero-order chi connectivity index (χ0) is 22.9. The third kappa shape index (κ3) is 4.23. The van der Waals surface area contributed by atoms with Crippen LogP contribution in [0.1, 0.15) is 22.4 Å². The van der Waals surface area contributed by atoms with E-state index in [1.54, 1.807) is 6.07 Å². The van der Waals surface area contributed by atoms with Gasteiger partial charge in [0.2, 0.25) is 11.9 Å². The van der Waals surface area contributed by atoms with Gasteiger partial charge in [-0.25, -0.2) is 9.82 Å². The lowest BCUT2D eigenvalue weighted by atomic mass is 10.2. The average Bonchev–Trinajstić information content (AvgIpc) is 3.39. The van der Waals surface area contributed by atoms with Crippen molar-refractivity contribution in [3.63, 3.8) is 0 Å². The molecule has 0 atom stereocenters. The summed E-state index contributed by atoms with van der Waals surface area (Å²) in [5.74, 6) is 1.19. The molecule has 9 nitrogen and oxygen atoms in total. The first kappa shape index (κ1) is 20.9. The molecule has 0 saturated heterocycles. The Balaban J connectivity index is 1.34. The fraction of sp³-hybridized carbons (Fsp3) is 0.208. The number of carbonyl (C=O) groups is 1. The molecule has 0 fully saturated rings. The van der Waals surface area contributed by atoms with E-state index in [1.807, 2.05) is 43.3 Å². The number of hydrogen-bond acceptors (Lipinski definition) is 8. The lowest BCUT2D eigenvalue weighted by molar-refractivity contribution is -0.111. The van der Waals surface area contributed by atoms with Gasteiger partial charge < -0.3 is 15.5 Å².